The third-order valence-electron chi connectivity index (χ3n) is 3.81. The third kappa shape index (κ3) is 4.19. The second-order valence-electron chi connectivity index (χ2n) is 5.56. The molecule has 0 heterocycles. The summed E-state index contributed by atoms with van der Waals surface area (Å²) in [6.45, 7) is 3.97. The fourth-order valence-corrected chi connectivity index (χ4v) is 2.17. The summed E-state index contributed by atoms with van der Waals surface area (Å²) in [6, 6.07) is 16.3. The molecule has 2 aromatic carbocycles. The van der Waals surface area contributed by atoms with Crippen LogP contribution in [-0.4, -0.2) is 24.9 Å². The summed E-state index contributed by atoms with van der Waals surface area (Å²) in [5.74, 6) is -0.300. The van der Waals surface area contributed by atoms with Crippen LogP contribution in [0, 0.1) is 0 Å². The molecule has 0 spiro atoms. The minimum atomic E-state index is -0.156. The van der Waals surface area contributed by atoms with Crippen molar-refractivity contribution in [2.24, 2.45) is 0 Å². The van der Waals surface area contributed by atoms with Crippen LogP contribution in [-0.2, 0) is 0 Å². The first-order chi connectivity index (χ1) is 11.0. The normalized spacial score (nSPS) is 11.6. The van der Waals surface area contributed by atoms with Gasteiger partial charge in [-0.25, -0.2) is 0 Å². The molecule has 4 nitrogen and oxygen atoms in total. The average Bonchev–Trinajstić information content (AvgIpc) is 2.61. The van der Waals surface area contributed by atoms with Crippen LogP contribution in [0.5, 0.6) is 0 Å². The molecular formula is C19H22N2O2. The van der Waals surface area contributed by atoms with Gasteiger partial charge in [0.25, 0.3) is 11.8 Å². The standard InChI is InChI=1S/C19H22N2O2/c1-4-14(2)20-18(22)15-9-8-10-16(13-15)19(23)21(3)17-11-6-5-7-12-17/h5-14H,4H2,1-3H3,(H,20,22). The van der Waals surface area contributed by atoms with E-state index in [1.54, 1.807) is 36.2 Å². The molecule has 0 bridgehead atoms. The van der Waals surface area contributed by atoms with E-state index in [2.05, 4.69) is 5.32 Å². The van der Waals surface area contributed by atoms with Gasteiger partial charge in [-0.1, -0.05) is 31.2 Å². The Balaban J connectivity index is 2.19. The molecular weight excluding hydrogens is 288 g/mol. The van der Waals surface area contributed by atoms with Crippen molar-refractivity contribution in [1.29, 1.82) is 0 Å². The molecule has 120 valence electrons. The highest BCUT2D eigenvalue weighted by Gasteiger charge is 2.15. The number of amides is 2. The van der Waals surface area contributed by atoms with E-state index in [-0.39, 0.29) is 17.9 Å². The molecule has 2 amide bonds. The molecule has 0 aliphatic heterocycles. The van der Waals surface area contributed by atoms with E-state index < -0.39 is 0 Å². The van der Waals surface area contributed by atoms with Crippen molar-refractivity contribution in [3.8, 4) is 0 Å². The maximum atomic E-state index is 12.6. The number of carbonyl (C=O) groups excluding carboxylic acids is 2. The van der Waals surface area contributed by atoms with Crippen molar-refractivity contribution in [2.45, 2.75) is 26.3 Å². The number of benzene rings is 2. The van der Waals surface area contributed by atoms with Crippen LogP contribution in [0.25, 0.3) is 0 Å². The molecule has 0 fully saturated rings. The molecule has 1 atom stereocenters. The van der Waals surface area contributed by atoms with Crippen LogP contribution in [0.3, 0.4) is 0 Å². The second kappa shape index (κ2) is 7.58. The van der Waals surface area contributed by atoms with Crippen molar-refractivity contribution in [3.05, 3.63) is 65.7 Å². The fourth-order valence-electron chi connectivity index (χ4n) is 2.17. The molecule has 0 aliphatic carbocycles. The number of hydrogen-bond acceptors (Lipinski definition) is 2. The van der Waals surface area contributed by atoms with Crippen molar-refractivity contribution in [3.63, 3.8) is 0 Å². The van der Waals surface area contributed by atoms with Crippen molar-refractivity contribution >= 4 is 17.5 Å². The van der Waals surface area contributed by atoms with Gasteiger partial charge in [0, 0.05) is 29.9 Å². The van der Waals surface area contributed by atoms with E-state index >= 15 is 0 Å². The minimum Gasteiger partial charge on any atom is -0.350 e. The van der Waals surface area contributed by atoms with Gasteiger partial charge in [0.15, 0.2) is 0 Å². The Morgan fingerprint density at radius 1 is 1.04 bits per heavy atom. The van der Waals surface area contributed by atoms with Crippen molar-refractivity contribution in [1.82, 2.24) is 5.32 Å². The zero-order chi connectivity index (χ0) is 16.8. The molecule has 0 saturated carbocycles. The van der Waals surface area contributed by atoms with Gasteiger partial charge in [0.1, 0.15) is 0 Å². The second-order valence-corrected chi connectivity index (χ2v) is 5.56. The molecule has 0 aromatic heterocycles. The summed E-state index contributed by atoms with van der Waals surface area (Å²) in [5.41, 5.74) is 1.80. The Morgan fingerprint density at radius 3 is 2.35 bits per heavy atom. The van der Waals surface area contributed by atoms with E-state index in [4.69, 9.17) is 0 Å². The predicted octanol–water partition coefficient (Wildman–Crippen LogP) is 3.49. The third-order valence-corrected chi connectivity index (χ3v) is 3.81. The van der Waals surface area contributed by atoms with Crippen molar-refractivity contribution in [2.75, 3.05) is 11.9 Å². The molecule has 0 radical (unpaired) electrons. The van der Waals surface area contributed by atoms with Gasteiger partial charge in [-0.15, -0.1) is 0 Å². The summed E-state index contributed by atoms with van der Waals surface area (Å²) in [5, 5.41) is 2.91. The smallest absolute Gasteiger partial charge is 0.258 e. The highest BCUT2D eigenvalue weighted by atomic mass is 16.2. The van der Waals surface area contributed by atoms with E-state index in [1.165, 1.54) is 0 Å². The lowest BCUT2D eigenvalue weighted by Gasteiger charge is -2.18. The van der Waals surface area contributed by atoms with Gasteiger partial charge in [0.2, 0.25) is 0 Å². The zero-order valence-electron chi connectivity index (χ0n) is 13.7. The number of hydrogen-bond donors (Lipinski definition) is 1. The Bertz CT molecular complexity index is 683. The van der Waals surface area contributed by atoms with Gasteiger partial charge in [-0.3, -0.25) is 9.59 Å². The minimum absolute atomic E-state index is 0.105. The summed E-state index contributed by atoms with van der Waals surface area (Å²) in [6.07, 6.45) is 0.862. The molecule has 2 aromatic rings. The monoisotopic (exact) mass is 310 g/mol. The number of nitrogens with zero attached hydrogens (tertiary/aromatic N) is 1. The quantitative estimate of drug-likeness (QED) is 0.919. The van der Waals surface area contributed by atoms with E-state index in [9.17, 15) is 9.59 Å². The summed E-state index contributed by atoms with van der Waals surface area (Å²) >= 11 is 0. The number of carbonyl (C=O) groups is 2. The van der Waals surface area contributed by atoms with Gasteiger partial charge < -0.3 is 10.2 Å². The lowest BCUT2D eigenvalue weighted by atomic mass is 10.1. The first-order valence-corrected chi connectivity index (χ1v) is 7.77. The SMILES string of the molecule is CCC(C)NC(=O)c1cccc(C(=O)N(C)c2ccccc2)c1. The highest BCUT2D eigenvalue weighted by molar-refractivity contribution is 6.07. The van der Waals surface area contributed by atoms with Crippen molar-refractivity contribution < 1.29 is 9.59 Å². The van der Waals surface area contributed by atoms with Gasteiger partial charge in [0.05, 0.1) is 0 Å². The summed E-state index contributed by atoms with van der Waals surface area (Å²) in [7, 11) is 1.73. The average molecular weight is 310 g/mol. The maximum Gasteiger partial charge on any atom is 0.258 e. The first-order valence-electron chi connectivity index (χ1n) is 7.77. The largest absolute Gasteiger partial charge is 0.350 e. The lowest BCUT2D eigenvalue weighted by Crippen LogP contribution is -2.32. The number of nitrogens with one attached hydrogen (secondary N) is 1. The van der Waals surface area contributed by atoms with E-state index in [1.807, 2.05) is 44.2 Å². The topological polar surface area (TPSA) is 49.4 Å². The summed E-state index contributed by atoms with van der Waals surface area (Å²) < 4.78 is 0. The fraction of sp³-hybridized carbons (Fsp3) is 0.263. The van der Waals surface area contributed by atoms with Crippen LogP contribution >= 0.6 is 0 Å². The van der Waals surface area contributed by atoms with E-state index in [0.29, 0.717) is 11.1 Å². The molecule has 0 saturated heterocycles. The molecule has 4 heteroatoms. The Labute approximate surface area is 137 Å². The number of anilines is 1. The van der Waals surface area contributed by atoms with E-state index in [0.717, 1.165) is 12.1 Å². The summed E-state index contributed by atoms with van der Waals surface area (Å²) in [4.78, 5) is 26.4. The Morgan fingerprint density at radius 2 is 1.70 bits per heavy atom. The lowest BCUT2D eigenvalue weighted by molar-refractivity contribution is 0.0939. The number of para-hydroxylation sites is 1. The van der Waals surface area contributed by atoms with Crippen LogP contribution in [0.1, 0.15) is 41.0 Å². The van der Waals surface area contributed by atoms with Gasteiger partial charge in [-0.2, -0.15) is 0 Å². The molecule has 0 aliphatic rings. The maximum absolute atomic E-state index is 12.6. The number of rotatable bonds is 5. The molecule has 1 unspecified atom stereocenters. The highest BCUT2D eigenvalue weighted by Crippen LogP contribution is 2.15. The molecule has 1 N–H and O–H groups in total. The first kappa shape index (κ1) is 16.7. The van der Waals surface area contributed by atoms with Gasteiger partial charge >= 0.3 is 0 Å². The molecule has 23 heavy (non-hydrogen) atoms. The van der Waals surface area contributed by atoms with Gasteiger partial charge in [-0.05, 0) is 43.7 Å². The van der Waals surface area contributed by atoms with Crippen LogP contribution < -0.4 is 10.2 Å². The Kier molecular flexibility index (Phi) is 5.52. The zero-order valence-corrected chi connectivity index (χ0v) is 13.7. The van der Waals surface area contributed by atoms with Crippen LogP contribution in [0.4, 0.5) is 5.69 Å². The predicted molar refractivity (Wildman–Crippen MR) is 92.8 cm³/mol. The van der Waals surface area contributed by atoms with Crippen LogP contribution in [0.2, 0.25) is 0 Å². The Hall–Kier alpha value is -2.62. The van der Waals surface area contributed by atoms with Crippen LogP contribution in [0.15, 0.2) is 54.6 Å². The molecule has 2 rings (SSSR count).